The van der Waals surface area contributed by atoms with E-state index < -0.39 is 0 Å². The first kappa shape index (κ1) is 357. The van der Waals surface area contributed by atoms with Crippen molar-refractivity contribution in [1.29, 1.82) is 0 Å². The van der Waals surface area contributed by atoms with Gasteiger partial charge in [0.2, 0.25) is 0 Å². The summed E-state index contributed by atoms with van der Waals surface area (Å²) in [5.41, 5.74) is 0. The number of halogens is 34. The summed E-state index contributed by atoms with van der Waals surface area (Å²) in [5.74, 6) is 0. The fourth-order valence-electron chi connectivity index (χ4n) is 0.313. The number of rotatable bonds is 0. The van der Waals surface area contributed by atoms with Crippen LogP contribution in [0.25, 0.3) is 0 Å². The maximum absolute atomic E-state index is 3.78. The fourth-order valence-corrected chi connectivity index (χ4v) is 0.313. The first-order valence-electron chi connectivity index (χ1n) is 1.85. The Balaban J connectivity index is -0.000000000331. The van der Waals surface area contributed by atoms with Gasteiger partial charge in [-0.05, 0) is 12.1 Å². The van der Waals surface area contributed by atoms with Crippen molar-refractivity contribution < 1.29 is 0 Å². The molecule has 1 heterocycles. The lowest BCUT2D eigenvalue weighted by Gasteiger charge is -1.70. The van der Waals surface area contributed by atoms with Crippen molar-refractivity contribution in [2.45, 2.75) is 0 Å². The first-order chi connectivity index (χ1) is 3.00. The summed E-state index contributed by atoms with van der Waals surface area (Å²) in [6.45, 7) is 0. The van der Waals surface area contributed by atoms with Gasteiger partial charge >= 0.3 is 0 Å². The summed E-state index contributed by atoms with van der Waals surface area (Å²) in [6.07, 6.45) is 3.50. The highest BCUT2D eigenvalue weighted by atomic mass is 79.9. The molecule has 302 valence electrons. The number of hydrogen-bond acceptors (Lipinski definition) is 1. The molecule has 1 aromatic rings. The fraction of sp³-hybridized carbons (Fsp3) is 0. The average molecular weight is 2830 g/mol. The van der Waals surface area contributed by atoms with Gasteiger partial charge in [0, 0.05) is 12.4 Å². The van der Waals surface area contributed by atoms with E-state index in [0.29, 0.717) is 0 Å². The third kappa shape index (κ3) is 319. The van der Waals surface area contributed by atoms with Gasteiger partial charge in [-0.25, -0.2) is 0 Å². The largest absolute Gasteiger partial charge is 0.265 e. The second-order valence-electron chi connectivity index (χ2n) is 1.02. The quantitative estimate of drug-likeness (QED) is 0.252. The van der Waals surface area contributed by atoms with E-state index in [4.69, 9.17) is 0 Å². The van der Waals surface area contributed by atoms with E-state index in [-0.39, 0.29) is 577 Å². The summed E-state index contributed by atoms with van der Waals surface area (Å²) in [6, 6.07) is 5.72. The van der Waals surface area contributed by atoms with Crippen LogP contribution < -0.4 is 0 Å². The number of nitrogens with zero attached hydrogens (tertiary/aromatic N) is 1. The van der Waals surface area contributed by atoms with E-state index in [2.05, 4.69) is 4.98 Å². The molecule has 1 aromatic heterocycles. The van der Waals surface area contributed by atoms with Gasteiger partial charge in [-0.15, -0.1) is 577 Å². The van der Waals surface area contributed by atoms with Crippen LogP contribution in [0, 0.1) is 0 Å². The molecule has 0 spiro atoms. The Morgan fingerprint density at radius 1 is 0.150 bits per heavy atom. The SMILES string of the molecule is Br.Br.Br.Br.Br.Br.Br.Br.Br.Br.Br.Br.Br.Br.Br.Br.Br.Br.Br.Br.Br.Br.Br.Br.Br.Br.Br.Br.Br.Br.Br.Br.Br.Br.c1ccncc1. The van der Waals surface area contributed by atoms with Crippen molar-refractivity contribution in [3.8, 4) is 0 Å². The lowest BCUT2D eigenvalue weighted by Crippen LogP contribution is -1.58. The maximum atomic E-state index is 3.78. The minimum Gasteiger partial charge on any atom is -0.265 e. The first-order valence-corrected chi connectivity index (χ1v) is 1.85. The zero-order chi connectivity index (χ0) is 4.24. The van der Waals surface area contributed by atoms with Crippen LogP contribution in [0.3, 0.4) is 0 Å². The predicted molar refractivity (Wildman–Crippen MR) is 375 cm³/mol. The normalized spacial score (nSPS) is 1.20. The molecule has 1 rings (SSSR count). The van der Waals surface area contributed by atoms with E-state index >= 15 is 0 Å². The van der Waals surface area contributed by atoms with Gasteiger partial charge in [0.25, 0.3) is 0 Å². The van der Waals surface area contributed by atoms with Gasteiger partial charge in [0.05, 0.1) is 0 Å². The molecule has 0 aliphatic rings. The molecule has 1 nitrogen and oxygen atoms in total. The molecule has 0 bridgehead atoms. The van der Waals surface area contributed by atoms with Crippen molar-refractivity contribution >= 4 is 577 Å². The van der Waals surface area contributed by atoms with Crippen LogP contribution in [0.4, 0.5) is 0 Å². The molecule has 40 heavy (non-hydrogen) atoms. The third-order valence-electron chi connectivity index (χ3n) is 0.566. The van der Waals surface area contributed by atoms with Gasteiger partial charge in [-0.2, -0.15) is 0 Å². The minimum atomic E-state index is 0. The summed E-state index contributed by atoms with van der Waals surface area (Å²) < 4.78 is 0. The lowest BCUT2D eigenvalue weighted by atomic mass is 10.5. The zero-order valence-corrected chi connectivity index (χ0v) is 75.5. The van der Waals surface area contributed by atoms with Crippen molar-refractivity contribution in [2.24, 2.45) is 0 Å². The highest BCUT2D eigenvalue weighted by molar-refractivity contribution is 8.96. The molecule has 0 aliphatic carbocycles. The highest BCUT2D eigenvalue weighted by Gasteiger charge is 1.58. The summed E-state index contributed by atoms with van der Waals surface area (Å²) in [5, 5.41) is 0. The van der Waals surface area contributed by atoms with Crippen LogP contribution in [0.15, 0.2) is 30.6 Å². The minimum absolute atomic E-state index is 0. The monoisotopic (exact) mass is 2800 g/mol. The second kappa shape index (κ2) is 338. The molecule has 0 amide bonds. The molecule has 0 radical (unpaired) electrons. The van der Waals surface area contributed by atoms with Crippen molar-refractivity contribution in [3.05, 3.63) is 30.6 Å². The van der Waals surface area contributed by atoms with Crippen LogP contribution in [0.5, 0.6) is 0 Å². The van der Waals surface area contributed by atoms with Gasteiger partial charge in [-0.1, -0.05) is 6.07 Å². The standard InChI is InChI=1S/C5H5N.34BrH/c1-2-4-6-5-3-1;;;;;;;;;;;;;;;;;;;;;;;;;;;;;;;;;;/h1-5H;34*1H. The number of hydrogen-bond donors (Lipinski definition) is 0. The highest BCUT2D eigenvalue weighted by Crippen LogP contribution is 1.73. The topological polar surface area (TPSA) is 12.9 Å². The summed E-state index contributed by atoms with van der Waals surface area (Å²) in [7, 11) is 0. The van der Waals surface area contributed by atoms with Crippen LogP contribution in [0.1, 0.15) is 0 Å². The smallest absolute Gasteiger partial charge is 0.0267 e. The van der Waals surface area contributed by atoms with Crippen LogP contribution in [-0.4, -0.2) is 4.98 Å². The van der Waals surface area contributed by atoms with E-state index in [1.165, 1.54) is 0 Å². The molecule has 0 aliphatic heterocycles. The Morgan fingerprint density at radius 3 is 0.275 bits per heavy atom. The Hall–Kier alpha value is 15.5. The van der Waals surface area contributed by atoms with E-state index in [1.54, 1.807) is 12.4 Å². The van der Waals surface area contributed by atoms with Crippen molar-refractivity contribution in [3.63, 3.8) is 0 Å². The Kier molecular flexibility index (Phi) is 3020. The van der Waals surface area contributed by atoms with E-state index in [9.17, 15) is 0 Å². The van der Waals surface area contributed by atoms with Crippen LogP contribution in [0.2, 0.25) is 0 Å². The van der Waals surface area contributed by atoms with Crippen molar-refractivity contribution in [1.82, 2.24) is 4.98 Å². The number of pyridine rings is 1. The second-order valence-corrected chi connectivity index (χ2v) is 1.02. The summed E-state index contributed by atoms with van der Waals surface area (Å²) >= 11 is 0. The van der Waals surface area contributed by atoms with Gasteiger partial charge in [0.1, 0.15) is 0 Å². The Bertz CT molecular complexity index is 100. The van der Waals surface area contributed by atoms with Crippen LogP contribution in [-0.2, 0) is 0 Å². The lowest BCUT2D eigenvalue weighted by molar-refractivity contribution is 1.33. The Morgan fingerprint density at radius 2 is 0.250 bits per heavy atom. The number of aromatic nitrogens is 1. The molecule has 0 aromatic carbocycles. The van der Waals surface area contributed by atoms with Crippen molar-refractivity contribution in [2.75, 3.05) is 0 Å². The maximum Gasteiger partial charge on any atom is 0.0267 e. The van der Waals surface area contributed by atoms with Gasteiger partial charge in [0.15, 0.2) is 0 Å². The predicted octanol–water partition coefficient (Wildman–Crippen LogP) is 20.7. The summed E-state index contributed by atoms with van der Waals surface area (Å²) in [4.78, 5) is 3.78. The third-order valence-corrected chi connectivity index (χ3v) is 0.566. The van der Waals surface area contributed by atoms with Gasteiger partial charge < -0.3 is 0 Å². The molecule has 0 N–H and O–H groups in total. The molecular formula is C5H39Br34N. The van der Waals surface area contributed by atoms with Crippen LogP contribution >= 0.6 is 577 Å². The molecular weight excluding hydrogens is 2790 g/mol. The molecule has 0 saturated carbocycles. The van der Waals surface area contributed by atoms with E-state index in [1.807, 2.05) is 18.2 Å². The van der Waals surface area contributed by atoms with Gasteiger partial charge in [-0.3, -0.25) is 4.98 Å². The average Bonchev–Trinajstić information content (AvgIpc) is 1.72. The zero-order valence-electron chi connectivity index (χ0n) is 17.2. The van der Waals surface area contributed by atoms with E-state index in [0.717, 1.165) is 0 Å². The molecule has 0 atom stereocenters. The Labute approximate surface area is 598 Å². The molecule has 0 saturated heterocycles. The molecule has 0 unspecified atom stereocenters. The molecule has 35 heteroatoms. The molecule has 0 fully saturated rings.